The second-order valence-corrected chi connectivity index (χ2v) is 6.02. The smallest absolute Gasteiger partial charge is 0.450 e. The Hall–Kier alpha value is -1.77. The SMILES string of the molecule is Cc1cc(C)cc(C2(C)C=CCC(C)C2)c1.O=C(O)O. The van der Waals surface area contributed by atoms with E-state index in [4.69, 9.17) is 15.0 Å². The number of hydrogen-bond acceptors (Lipinski definition) is 1. The molecule has 2 atom stereocenters. The van der Waals surface area contributed by atoms with Crippen molar-refractivity contribution in [1.29, 1.82) is 0 Å². The van der Waals surface area contributed by atoms with Gasteiger partial charge in [0.05, 0.1) is 0 Å². The molecule has 0 saturated heterocycles. The fourth-order valence-corrected chi connectivity index (χ4v) is 2.95. The molecule has 3 nitrogen and oxygen atoms in total. The Bertz CT molecular complexity index is 481. The van der Waals surface area contributed by atoms with Crippen LogP contribution in [0.25, 0.3) is 0 Å². The number of carboxylic acid groups (broad SMARTS) is 2. The molecule has 20 heavy (non-hydrogen) atoms. The highest BCUT2D eigenvalue weighted by molar-refractivity contribution is 5.53. The number of allylic oxidation sites excluding steroid dienone is 2. The van der Waals surface area contributed by atoms with Crippen LogP contribution in [0.15, 0.2) is 30.4 Å². The third kappa shape index (κ3) is 4.72. The van der Waals surface area contributed by atoms with E-state index in [-0.39, 0.29) is 5.41 Å². The van der Waals surface area contributed by atoms with Gasteiger partial charge in [-0.15, -0.1) is 0 Å². The summed E-state index contributed by atoms with van der Waals surface area (Å²) < 4.78 is 0. The van der Waals surface area contributed by atoms with Crippen molar-refractivity contribution in [3.8, 4) is 0 Å². The lowest BCUT2D eigenvalue weighted by Gasteiger charge is -2.33. The van der Waals surface area contributed by atoms with Crippen LogP contribution < -0.4 is 0 Å². The molecule has 0 aromatic heterocycles. The van der Waals surface area contributed by atoms with Gasteiger partial charge < -0.3 is 10.2 Å². The topological polar surface area (TPSA) is 57.5 Å². The van der Waals surface area contributed by atoms with Crippen molar-refractivity contribution in [2.45, 2.75) is 46.0 Å². The van der Waals surface area contributed by atoms with Gasteiger partial charge in [0.1, 0.15) is 0 Å². The highest BCUT2D eigenvalue weighted by Gasteiger charge is 2.28. The monoisotopic (exact) mass is 276 g/mol. The van der Waals surface area contributed by atoms with Crippen LogP contribution in [0.2, 0.25) is 0 Å². The van der Waals surface area contributed by atoms with E-state index in [1.165, 1.54) is 29.5 Å². The standard InChI is InChI=1S/C16H22.CH2O3/c1-12-6-5-7-16(4,11-12)15-9-13(2)8-14(3)10-15;2-1(3)4/h5,7-10,12H,6,11H2,1-4H3;(H2,2,3,4). The molecule has 0 aliphatic heterocycles. The zero-order valence-electron chi connectivity index (χ0n) is 12.7. The minimum atomic E-state index is -1.83. The van der Waals surface area contributed by atoms with Crippen LogP contribution in [0.5, 0.6) is 0 Å². The van der Waals surface area contributed by atoms with Gasteiger partial charge in [-0.25, -0.2) is 4.79 Å². The molecule has 1 aliphatic carbocycles. The second kappa shape index (κ2) is 6.60. The summed E-state index contributed by atoms with van der Waals surface area (Å²) in [5.74, 6) is 0.802. The molecule has 1 aliphatic rings. The Kier molecular flexibility index (Phi) is 5.37. The van der Waals surface area contributed by atoms with Crippen LogP contribution in [0.4, 0.5) is 4.79 Å². The fourth-order valence-electron chi connectivity index (χ4n) is 2.95. The summed E-state index contributed by atoms with van der Waals surface area (Å²) in [7, 11) is 0. The molecular weight excluding hydrogens is 252 g/mol. The molecule has 0 bridgehead atoms. The molecule has 2 N–H and O–H groups in total. The summed E-state index contributed by atoms with van der Waals surface area (Å²) in [4.78, 5) is 8.56. The molecule has 0 saturated carbocycles. The van der Waals surface area contributed by atoms with Gasteiger partial charge in [0.15, 0.2) is 0 Å². The summed E-state index contributed by atoms with van der Waals surface area (Å²) in [6, 6.07) is 6.94. The summed E-state index contributed by atoms with van der Waals surface area (Å²) in [6.07, 6.45) is 5.43. The number of rotatable bonds is 1. The lowest BCUT2D eigenvalue weighted by atomic mass is 9.71. The van der Waals surface area contributed by atoms with Crippen LogP contribution in [0.3, 0.4) is 0 Å². The van der Waals surface area contributed by atoms with Crippen molar-refractivity contribution < 1.29 is 15.0 Å². The Morgan fingerprint density at radius 2 is 1.70 bits per heavy atom. The Morgan fingerprint density at radius 3 is 2.15 bits per heavy atom. The third-order valence-electron chi connectivity index (χ3n) is 3.68. The van der Waals surface area contributed by atoms with Crippen molar-refractivity contribution in [1.82, 2.24) is 0 Å². The van der Waals surface area contributed by atoms with E-state index in [0.29, 0.717) is 0 Å². The number of carbonyl (C=O) groups is 1. The molecule has 2 unspecified atom stereocenters. The first kappa shape index (κ1) is 16.3. The summed E-state index contributed by atoms with van der Waals surface area (Å²) in [6.45, 7) is 9.10. The van der Waals surface area contributed by atoms with Gasteiger partial charge in [0, 0.05) is 5.41 Å². The van der Waals surface area contributed by atoms with Gasteiger partial charge in [0.2, 0.25) is 0 Å². The van der Waals surface area contributed by atoms with E-state index < -0.39 is 6.16 Å². The van der Waals surface area contributed by atoms with Crippen LogP contribution >= 0.6 is 0 Å². The minimum absolute atomic E-state index is 0.244. The number of hydrogen-bond donors (Lipinski definition) is 2. The quantitative estimate of drug-likeness (QED) is 0.726. The van der Waals surface area contributed by atoms with Crippen molar-refractivity contribution in [2.75, 3.05) is 0 Å². The van der Waals surface area contributed by atoms with Gasteiger partial charge in [-0.1, -0.05) is 55.3 Å². The number of aryl methyl sites for hydroxylation is 2. The molecule has 1 aromatic carbocycles. The summed E-state index contributed by atoms with van der Waals surface area (Å²) in [5, 5.41) is 13.9. The van der Waals surface area contributed by atoms with Gasteiger partial charge in [-0.2, -0.15) is 0 Å². The average molecular weight is 276 g/mol. The van der Waals surface area contributed by atoms with Gasteiger partial charge in [-0.3, -0.25) is 0 Å². The first-order valence-electron chi connectivity index (χ1n) is 6.91. The van der Waals surface area contributed by atoms with Gasteiger partial charge >= 0.3 is 6.16 Å². The Labute approximate surface area is 121 Å². The van der Waals surface area contributed by atoms with Crippen molar-refractivity contribution in [2.24, 2.45) is 5.92 Å². The second-order valence-electron chi connectivity index (χ2n) is 6.02. The van der Waals surface area contributed by atoms with E-state index in [1.54, 1.807) is 0 Å². The maximum Gasteiger partial charge on any atom is 0.503 e. The Balaban J connectivity index is 0.000000444. The largest absolute Gasteiger partial charge is 0.503 e. The van der Waals surface area contributed by atoms with Crippen molar-refractivity contribution >= 4 is 6.16 Å². The van der Waals surface area contributed by atoms with Crippen LogP contribution in [-0.2, 0) is 5.41 Å². The molecule has 1 aromatic rings. The van der Waals surface area contributed by atoms with E-state index >= 15 is 0 Å². The fraction of sp³-hybridized carbons (Fsp3) is 0.471. The average Bonchev–Trinajstić information content (AvgIpc) is 2.26. The molecule has 0 radical (unpaired) electrons. The molecule has 3 heteroatoms. The van der Waals surface area contributed by atoms with E-state index in [9.17, 15) is 0 Å². The summed E-state index contributed by atoms with van der Waals surface area (Å²) in [5.41, 5.74) is 4.48. The molecule has 2 rings (SSSR count). The maximum atomic E-state index is 8.56. The molecule has 0 amide bonds. The number of benzene rings is 1. The first-order chi connectivity index (χ1) is 9.23. The zero-order chi connectivity index (χ0) is 15.3. The van der Waals surface area contributed by atoms with E-state index in [2.05, 4.69) is 58.0 Å². The lowest BCUT2D eigenvalue weighted by molar-refractivity contribution is 0.137. The maximum absolute atomic E-state index is 8.56. The highest BCUT2D eigenvalue weighted by atomic mass is 16.6. The highest BCUT2D eigenvalue weighted by Crippen LogP contribution is 2.37. The van der Waals surface area contributed by atoms with Gasteiger partial charge in [-0.05, 0) is 38.2 Å². The minimum Gasteiger partial charge on any atom is -0.450 e. The Morgan fingerprint density at radius 1 is 1.20 bits per heavy atom. The van der Waals surface area contributed by atoms with E-state index in [0.717, 1.165) is 5.92 Å². The molecular formula is C17H24O3. The van der Waals surface area contributed by atoms with Crippen molar-refractivity contribution in [3.63, 3.8) is 0 Å². The van der Waals surface area contributed by atoms with Crippen LogP contribution in [-0.4, -0.2) is 16.4 Å². The predicted octanol–water partition coefficient (Wildman–Crippen LogP) is 4.77. The summed E-state index contributed by atoms with van der Waals surface area (Å²) >= 11 is 0. The van der Waals surface area contributed by atoms with Crippen LogP contribution in [0, 0.1) is 19.8 Å². The van der Waals surface area contributed by atoms with Crippen molar-refractivity contribution in [3.05, 3.63) is 47.0 Å². The third-order valence-corrected chi connectivity index (χ3v) is 3.68. The first-order valence-corrected chi connectivity index (χ1v) is 6.91. The predicted molar refractivity (Wildman–Crippen MR) is 81.5 cm³/mol. The zero-order valence-corrected chi connectivity index (χ0v) is 12.7. The van der Waals surface area contributed by atoms with E-state index in [1.807, 2.05) is 0 Å². The molecule has 110 valence electrons. The molecule has 0 fully saturated rings. The van der Waals surface area contributed by atoms with Gasteiger partial charge in [0.25, 0.3) is 0 Å². The molecule has 0 spiro atoms. The lowest BCUT2D eigenvalue weighted by Crippen LogP contribution is -2.25. The molecule has 0 heterocycles. The van der Waals surface area contributed by atoms with Crippen LogP contribution in [0.1, 0.15) is 43.4 Å². The normalized spacial score (nSPS) is 24.7.